The zero-order valence-corrected chi connectivity index (χ0v) is 28.0. The molecule has 0 amide bonds. The molecular weight excluding hydrogens is 606 g/mol. The first-order chi connectivity index (χ1) is 22.2. The standard InChI is InChI=1S/C37H46ClNO7/c1-4-6-7-8-9-10-11-12-13-14-23-44-35-22-19-30(25-33(35)39(42)43)28-15-17-29(18-16-28)37(41)46-34-21-20-31(24-32(34)38)36(40)45-26-27(3)5-2/h15-22,24-25,27H,4-14,23,26H2,1-3H3. The van der Waals surface area contributed by atoms with Gasteiger partial charge < -0.3 is 14.2 Å². The lowest BCUT2D eigenvalue weighted by Gasteiger charge is -2.11. The first-order valence-electron chi connectivity index (χ1n) is 16.4. The zero-order valence-electron chi connectivity index (χ0n) is 27.2. The van der Waals surface area contributed by atoms with Gasteiger partial charge in [0.2, 0.25) is 0 Å². The third-order valence-corrected chi connectivity index (χ3v) is 8.23. The Kier molecular flexibility index (Phi) is 15.6. The van der Waals surface area contributed by atoms with Crippen molar-refractivity contribution >= 4 is 29.2 Å². The molecular formula is C37H46ClNO7. The lowest BCUT2D eigenvalue weighted by atomic mass is 10.0. The Labute approximate surface area is 277 Å². The van der Waals surface area contributed by atoms with Gasteiger partial charge in [-0.3, -0.25) is 10.1 Å². The maximum atomic E-state index is 12.8. The highest BCUT2D eigenvalue weighted by Gasteiger charge is 2.18. The molecule has 0 heterocycles. The molecule has 248 valence electrons. The van der Waals surface area contributed by atoms with Crippen molar-refractivity contribution in [2.45, 2.75) is 91.4 Å². The molecule has 1 unspecified atom stereocenters. The Morgan fingerprint density at radius 2 is 1.35 bits per heavy atom. The Morgan fingerprint density at radius 3 is 1.96 bits per heavy atom. The number of nitro groups is 1. The molecule has 0 saturated carbocycles. The fraction of sp³-hybridized carbons (Fsp3) is 0.459. The van der Waals surface area contributed by atoms with Crippen LogP contribution in [0.4, 0.5) is 5.69 Å². The van der Waals surface area contributed by atoms with E-state index in [1.807, 2.05) is 13.8 Å². The average Bonchev–Trinajstić information content (AvgIpc) is 3.06. The summed E-state index contributed by atoms with van der Waals surface area (Å²) in [5.74, 6) is -0.528. The van der Waals surface area contributed by atoms with Gasteiger partial charge in [0.1, 0.15) is 5.75 Å². The summed E-state index contributed by atoms with van der Waals surface area (Å²) in [7, 11) is 0. The highest BCUT2D eigenvalue weighted by Crippen LogP contribution is 2.33. The van der Waals surface area contributed by atoms with Gasteiger partial charge in [-0.25, -0.2) is 9.59 Å². The zero-order chi connectivity index (χ0) is 33.3. The SMILES string of the molecule is CCCCCCCCCCCCOc1ccc(-c2ccc(C(=O)Oc3ccc(C(=O)OCC(C)CC)cc3Cl)cc2)cc1[N+](=O)[O-]. The molecule has 3 aromatic carbocycles. The van der Waals surface area contributed by atoms with Crippen molar-refractivity contribution < 1.29 is 28.7 Å². The second kappa shape index (κ2) is 19.6. The maximum Gasteiger partial charge on any atom is 0.343 e. The molecule has 9 heteroatoms. The van der Waals surface area contributed by atoms with Crippen LogP contribution >= 0.6 is 11.6 Å². The van der Waals surface area contributed by atoms with Crippen LogP contribution in [0.1, 0.15) is 112 Å². The van der Waals surface area contributed by atoms with Crippen molar-refractivity contribution in [3.05, 3.63) is 86.9 Å². The minimum Gasteiger partial charge on any atom is -0.487 e. The number of esters is 2. The van der Waals surface area contributed by atoms with Crippen LogP contribution in [-0.2, 0) is 4.74 Å². The highest BCUT2D eigenvalue weighted by atomic mass is 35.5. The lowest BCUT2D eigenvalue weighted by Crippen LogP contribution is -2.12. The van der Waals surface area contributed by atoms with Gasteiger partial charge in [-0.1, -0.05) is 115 Å². The Morgan fingerprint density at radius 1 is 0.761 bits per heavy atom. The summed E-state index contributed by atoms with van der Waals surface area (Å²) in [4.78, 5) is 36.5. The maximum absolute atomic E-state index is 12.8. The molecule has 0 saturated heterocycles. The molecule has 46 heavy (non-hydrogen) atoms. The Bertz CT molecular complexity index is 1420. The summed E-state index contributed by atoms with van der Waals surface area (Å²) < 4.78 is 16.5. The first-order valence-corrected chi connectivity index (χ1v) is 16.8. The molecule has 0 spiro atoms. The monoisotopic (exact) mass is 651 g/mol. The van der Waals surface area contributed by atoms with Crippen LogP contribution in [0.3, 0.4) is 0 Å². The van der Waals surface area contributed by atoms with E-state index in [0.29, 0.717) is 24.3 Å². The van der Waals surface area contributed by atoms with E-state index in [4.69, 9.17) is 25.8 Å². The number of benzene rings is 3. The summed E-state index contributed by atoms with van der Waals surface area (Å²) in [5.41, 5.74) is 1.75. The van der Waals surface area contributed by atoms with Crippen molar-refractivity contribution in [1.29, 1.82) is 0 Å². The average molecular weight is 652 g/mol. The minimum absolute atomic E-state index is 0.102. The molecule has 0 N–H and O–H groups in total. The van der Waals surface area contributed by atoms with Crippen LogP contribution in [0.5, 0.6) is 11.5 Å². The largest absolute Gasteiger partial charge is 0.487 e. The molecule has 0 aromatic heterocycles. The molecule has 1 atom stereocenters. The van der Waals surface area contributed by atoms with E-state index in [0.717, 1.165) is 25.7 Å². The van der Waals surface area contributed by atoms with E-state index in [9.17, 15) is 19.7 Å². The van der Waals surface area contributed by atoms with E-state index in [1.54, 1.807) is 36.4 Å². The van der Waals surface area contributed by atoms with Gasteiger partial charge in [0, 0.05) is 6.07 Å². The van der Waals surface area contributed by atoms with Gasteiger partial charge in [0.05, 0.1) is 34.3 Å². The number of hydrogen-bond donors (Lipinski definition) is 0. The predicted molar refractivity (Wildman–Crippen MR) is 182 cm³/mol. The number of nitrogens with zero attached hydrogens (tertiary/aromatic N) is 1. The number of rotatable bonds is 20. The van der Waals surface area contributed by atoms with E-state index in [-0.39, 0.29) is 39.3 Å². The number of ether oxygens (including phenoxy) is 3. The topological polar surface area (TPSA) is 105 Å². The van der Waals surface area contributed by atoms with Crippen molar-refractivity contribution in [2.75, 3.05) is 13.2 Å². The van der Waals surface area contributed by atoms with E-state index >= 15 is 0 Å². The number of halogens is 1. The van der Waals surface area contributed by atoms with Crippen LogP contribution in [0.15, 0.2) is 60.7 Å². The Hall–Kier alpha value is -3.91. The van der Waals surface area contributed by atoms with Crippen molar-refractivity contribution in [3.63, 3.8) is 0 Å². The van der Waals surface area contributed by atoms with Crippen LogP contribution < -0.4 is 9.47 Å². The molecule has 0 aliphatic carbocycles. The van der Waals surface area contributed by atoms with Crippen molar-refractivity contribution in [1.82, 2.24) is 0 Å². The summed E-state index contributed by atoms with van der Waals surface area (Å²) >= 11 is 6.29. The molecule has 0 radical (unpaired) electrons. The Balaban J connectivity index is 1.52. The first kappa shape index (κ1) is 36.6. The van der Waals surface area contributed by atoms with Crippen LogP contribution in [-0.4, -0.2) is 30.1 Å². The van der Waals surface area contributed by atoms with Gasteiger partial charge in [0.25, 0.3) is 0 Å². The van der Waals surface area contributed by atoms with E-state index in [1.165, 1.54) is 69.2 Å². The number of nitro benzene ring substituents is 1. The smallest absolute Gasteiger partial charge is 0.343 e. The normalized spacial score (nSPS) is 11.6. The molecule has 0 aliphatic heterocycles. The third-order valence-electron chi connectivity index (χ3n) is 7.93. The van der Waals surface area contributed by atoms with Crippen LogP contribution in [0.2, 0.25) is 5.02 Å². The summed E-state index contributed by atoms with van der Waals surface area (Å²) in [6.07, 6.45) is 12.9. The summed E-state index contributed by atoms with van der Waals surface area (Å²) in [6, 6.07) is 15.8. The number of unbranched alkanes of at least 4 members (excludes halogenated alkanes) is 9. The second-order valence-electron chi connectivity index (χ2n) is 11.7. The van der Waals surface area contributed by atoms with Gasteiger partial charge in [-0.05, 0) is 59.9 Å². The quantitative estimate of drug-likeness (QED) is 0.0393. The van der Waals surface area contributed by atoms with Crippen LogP contribution in [0.25, 0.3) is 11.1 Å². The number of hydrogen-bond acceptors (Lipinski definition) is 7. The molecule has 3 rings (SSSR count). The minimum atomic E-state index is -0.637. The van der Waals surface area contributed by atoms with E-state index < -0.39 is 16.9 Å². The van der Waals surface area contributed by atoms with Gasteiger partial charge in [-0.15, -0.1) is 0 Å². The molecule has 3 aromatic rings. The molecule has 8 nitrogen and oxygen atoms in total. The van der Waals surface area contributed by atoms with Crippen molar-refractivity contribution in [3.8, 4) is 22.6 Å². The summed E-state index contributed by atoms with van der Waals surface area (Å²) in [5, 5.41) is 11.9. The second-order valence-corrected chi connectivity index (χ2v) is 12.1. The third kappa shape index (κ3) is 11.8. The summed E-state index contributed by atoms with van der Waals surface area (Å²) in [6.45, 7) is 6.98. The van der Waals surface area contributed by atoms with E-state index in [2.05, 4.69) is 6.92 Å². The lowest BCUT2D eigenvalue weighted by molar-refractivity contribution is -0.385. The fourth-order valence-electron chi connectivity index (χ4n) is 4.82. The van der Waals surface area contributed by atoms with Crippen molar-refractivity contribution in [2.24, 2.45) is 5.92 Å². The van der Waals surface area contributed by atoms with Gasteiger partial charge >= 0.3 is 17.6 Å². The molecule has 0 aliphatic rings. The highest BCUT2D eigenvalue weighted by molar-refractivity contribution is 6.32. The van der Waals surface area contributed by atoms with Crippen LogP contribution in [0, 0.1) is 16.0 Å². The van der Waals surface area contributed by atoms with Gasteiger partial charge in [-0.2, -0.15) is 0 Å². The fourth-order valence-corrected chi connectivity index (χ4v) is 5.04. The number of carbonyl (C=O) groups excluding carboxylic acids is 2. The molecule has 0 fully saturated rings. The van der Waals surface area contributed by atoms with Gasteiger partial charge in [0.15, 0.2) is 5.75 Å². The number of carbonyl (C=O) groups is 2. The molecule has 0 bridgehead atoms. The predicted octanol–water partition coefficient (Wildman–Crippen LogP) is 10.6.